The van der Waals surface area contributed by atoms with E-state index in [0.29, 0.717) is 31.6 Å². The van der Waals surface area contributed by atoms with Crippen LogP contribution in [0.15, 0.2) is 61.0 Å². The van der Waals surface area contributed by atoms with E-state index in [1.54, 1.807) is 22.1 Å². The number of anilines is 1. The first-order valence-corrected chi connectivity index (χ1v) is 13.1. The van der Waals surface area contributed by atoms with Gasteiger partial charge in [-0.3, -0.25) is 4.90 Å². The molecule has 1 amide bonds. The molecular weight excluding hydrogens is 513 g/mol. The largest absolute Gasteiger partial charge is 0.573 e. The van der Waals surface area contributed by atoms with E-state index in [4.69, 9.17) is 14.2 Å². The van der Waals surface area contributed by atoms with Crippen LogP contribution in [0.25, 0.3) is 0 Å². The fraction of sp³-hybridized carbons (Fsp3) is 0.483. The van der Waals surface area contributed by atoms with Gasteiger partial charge in [0.1, 0.15) is 11.9 Å². The average Bonchev–Trinajstić information content (AvgIpc) is 3.54. The number of rotatable bonds is 4. The Bertz CT molecular complexity index is 1210. The van der Waals surface area contributed by atoms with Crippen molar-refractivity contribution in [2.75, 3.05) is 24.8 Å². The number of amides is 1. The number of hydrogen-bond acceptors (Lipinski definition) is 6. The molecule has 0 bridgehead atoms. The van der Waals surface area contributed by atoms with E-state index in [0.717, 1.165) is 12.0 Å². The van der Waals surface area contributed by atoms with Gasteiger partial charge in [0.25, 0.3) is 0 Å². The Kier molecular flexibility index (Phi) is 7.17. The number of alkyl halides is 3. The zero-order valence-corrected chi connectivity index (χ0v) is 22.2. The highest BCUT2D eigenvalue weighted by Crippen LogP contribution is 2.52. The Morgan fingerprint density at radius 1 is 1.08 bits per heavy atom. The second-order valence-electron chi connectivity index (χ2n) is 11.2. The fourth-order valence-corrected chi connectivity index (χ4v) is 5.78. The number of carbonyl (C=O) groups is 1. The third-order valence-corrected chi connectivity index (χ3v) is 7.26. The van der Waals surface area contributed by atoms with Crippen LogP contribution < -0.4 is 9.64 Å². The summed E-state index contributed by atoms with van der Waals surface area (Å²) in [7, 11) is 0. The lowest BCUT2D eigenvalue weighted by molar-refractivity contribution is -0.274. The predicted octanol–water partition coefficient (Wildman–Crippen LogP) is 6.87. The topological polar surface area (TPSA) is 60.5 Å². The number of benzene rings is 2. The fourth-order valence-electron chi connectivity index (χ4n) is 5.78. The zero-order valence-electron chi connectivity index (χ0n) is 22.2. The zero-order chi connectivity index (χ0) is 27.8. The van der Waals surface area contributed by atoms with Gasteiger partial charge in [0, 0.05) is 18.7 Å². The lowest BCUT2D eigenvalue weighted by atomic mass is 9.76. The Morgan fingerprint density at radius 2 is 1.85 bits per heavy atom. The number of likely N-dealkylation sites (tertiary alicyclic amines) is 1. The highest BCUT2D eigenvalue weighted by Gasteiger charge is 2.53. The summed E-state index contributed by atoms with van der Waals surface area (Å²) < 4.78 is 61.8. The number of nitrogens with zero attached hydrogens (tertiary/aromatic N) is 2. The Morgan fingerprint density at radius 3 is 2.51 bits per heavy atom. The van der Waals surface area contributed by atoms with Crippen LogP contribution in [-0.4, -0.2) is 48.4 Å². The van der Waals surface area contributed by atoms with E-state index < -0.39 is 29.7 Å². The molecule has 2 saturated heterocycles. The molecule has 2 aromatic rings. The molecule has 10 heteroatoms. The maximum absolute atomic E-state index is 13.3. The van der Waals surface area contributed by atoms with Gasteiger partial charge in [0.2, 0.25) is 0 Å². The van der Waals surface area contributed by atoms with Crippen LogP contribution in [0, 0.1) is 0 Å². The average molecular weight is 547 g/mol. The van der Waals surface area contributed by atoms with E-state index in [1.165, 1.54) is 12.3 Å². The molecule has 2 fully saturated rings. The van der Waals surface area contributed by atoms with E-state index in [1.807, 2.05) is 57.2 Å². The molecule has 0 aliphatic carbocycles. The predicted molar refractivity (Wildman–Crippen MR) is 138 cm³/mol. The molecule has 3 aliphatic rings. The third kappa shape index (κ3) is 5.95. The van der Waals surface area contributed by atoms with Gasteiger partial charge in [0.05, 0.1) is 23.9 Å². The Hall–Kier alpha value is -3.40. The number of ether oxygens (including phenoxy) is 4. The van der Waals surface area contributed by atoms with Gasteiger partial charge < -0.3 is 23.8 Å². The smallest absolute Gasteiger partial charge is 0.479 e. The first-order valence-electron chi connectivity index (χ1n) is 13.1. The molecule has 3 heterocycles. The minimum absolute atomic E-state index is 0.0997. The second kappa shape index (κ2) is 10.3. The van der Waals surface area contributed by atoms with Crippen molar-refractivity contribution in [2.24, 2.45) is 0 Å². The quantitative estimate of drug-likeness (QED) is 0.417. The van der Waals surface area contributed by atoms with E-state index in [2.05, 4.69) is 4.74 Å². The molecule has 0 radical (unpaired) electrons. The minimum atomic E-state index is -4.85. The molecule has 0 saturated carbocycles. The molecule has 0 aromatic heterocycles. The number of halogens is 3. The van der Waals surface area contributed by atoms with Crippen LogP contribution in [0.4, 0.5) is 23.7 Å². The van der Waals surface area contributed by atoms with Gasteiger partial charge in [-0.1, -0.05) is 36.4 Å². The van der Waals surface area contributed by atoms with E-state index >= 15 is 0 Å². The third-order valence-electron chi connectivity index (χ3n) is 7.26. The first-order chi connectivity index (χ1) is 18.4. The highest BCUT2D eigenvalue weighted by molar-refractivity contribution is 5.69. The van der Waals surface area contributed by atoms with Crippen LogP contribution in [0.2, 0.25) is 0 Å². The molecule has 3 aliphatic heterocycles. The van der Waals surface area contributed by atoms with Crippen molar-refractivity contribution in [1.29, 1.82) is 0 Å². The van der Waals surface area contributed by atoms with Crippen molar-refractivity contribution in [2.45, 2.75) is 69.6 Å². The van der Waals surface area contributed by atoms with Crippen LogP contribution in [0.3, 0.4) is 0 Å². The lowest BCUT2D eigenvalue weighted by Crippen LogP contribution is -2.53. The Balaban J connectivity index is 1.46. The molecule has 0 unspecified atom stereocenters. The summed E-state index contributed by atoms with van der Waals surface area (Å²) >= 11 is 0. The van der Waals surface area contributed by atoms with Gasteiger partial charge in [-0.25, -0.2) is 4.79 Å². The molecular formula is C29H33F3N2O5. The van der Waals surface area contributed by atoms with Crippen molar-refractivity contribution in [3.05, 3.63) is 72.1 Å². The maximum atomic E-state index is 13.3. The number of piperidine rings is 1. The maximum Gasteiger partial charge on any atom is 0.573 e. The normalized spacial score (nSPS) is 25.2. The van der Waals surface area contributed by atoms with Gasteiger partial charge in [-0.15, -0.1) is 13.2 Å². The molecule has 210 valence electrons. The molecule has 2 aromatic carbocycles. The van der Waals surface area contributed by atoms with E-state index in [-0.39, 0.29) is 24.1 Å². The van der Waals surface area contributed by atoms with Crippen LogP contribution in [-0.2, 0) is 14.2 Å². The summed E-state index contributed by atoms with van der Waals surface area (Å²) in [5.41, 5.74) is 0.500. The summed E-state index contributed by atoms with van der Waals surface area (Å²) in [5.74, 6) is -0.487. The molecule has 39 heavy (non-hydrogen) atoms. The molecule has 5 rings (SSSR count). The van der Waals surface area contributed by atoms with Gasteiger partial charge in [-0.05, 0) is 63.3 Å². The molecule has 7 nitrogen and oxygen atoms in total. The van der Waals surface area contributed by atoms with Gasteiger partial charge >= 0.3 is 12.5 Å². The number of carbonyl (C=O) groups excluding carboxylic acids is 1. The van der Waals surface area contributed by atoms with Crippen molar-refractivity contribution in [1.82, 2.24) is 4.90 Å². The van der Waals surface area contributed by atoms with E-state index in [9.17, 15) is 18.0 Å². The second-order valence-corrected chi connectivity index (χ2v) is 11.2. The van der Waals surface area contributed by atoms with Crippen molar-refractivity contribution >= 4 is 11.8 Å². The van der Waals surface area contributed by atoms with Crippen molar-refractivity contribution < 1.29 is 36.9 Å². The standard InChI is InChI=1S/C29H33F3N2O5/c1-27(2,3)39-26(35)34-13-7-12-28(25(34)20-8-5-4-6-9-20)17-22(18-37-28)21-10-11-23(33-14-15-36-19-33)24(16-21)38-29(30,31)32/h4-6,8-11,14-16,22,25H,7,12-13,17-19H2,1-3H3/t22-,25-,28+/m0/s1. The summed E-state index contributed by atoms with van der Waals surface area (Å²) in [6, 6.07) is 14.2. The number of hydrogen-bond donors (Lipinski definition) is 0. The van der Waals surface area contributed by atoms with Crippen LogP contribution >= 0.6 is 0 Å². The summed E-state index contributed by atoms with van der Waals surface area (Å²) in [5, 5.41) is 0. The highest BCUT2D eigenvalue weighted by atomic mass is 19.4. The molecule has 3 atom stereocenters. The monoisotopic (exact) mass is 546 g/mol. The lowest BCUT2D eigenvalue weighted by Gasteiger charge is -2.47. The molecule has 0 N–H and O–H groups in total. The van der Waals surface area contributed by atoms with Gasteiger partial charge in [-0.2, -0.15) is 0 Å². The summed E-state index contributed by atoms with van der Waals surface area (Å²) in [4.78, 5) is 16.6. The molecule has 1 spiro atoms. The Labute approximate surface area is 226 Å². The van der Waals surface area contributed by atoms with Crippen molar-refractivity contribution in [3.8, 4) is 5.75 Å². The minimum Gasteiger partial charge on any atom is -0.479 e. The summed E-state index contributed by atoms with van der Waals surface area (Å²) in [6.07, 6.45) is -0.314. The summed E-state index contributed by atoms with van der Waals surface area (Å²) in [6.45, 7) is 6.43. The van der Waals surface area contributed by atoms with Crippen LogP contribution in [0.1, 0.15) is 63.1 Å². The SMILES string of the molecule is CC(C)(C)OC(=O)N1CCC[C@@]2(C[C@H](c3ccc(N4C=COC4)c(OC(F)(F)F)c3)CO2)[C@@H]1c1ccccc1. The van der Waals surface area contributed by atoms with Crippen LogP contribution in [0.5, 0.6) is 5.75 Å². The van der Waals surface area contributed by atoms with Gasteiger partial charge in [0.15, 0.2) is 12.5 Å². The van der Waals surface area contributed by atoms with Crippen molar-refractivity contribution in [3.63, 3.8) is 0 Å². The first kappa shape index (κ1) is 27.2.